The quantitative estimate of drug-likeness (QED) is 0.701. The van der Waals surface area contributed by atoms with Gasteiger partial charge in [0, 0.05) is 35.9 Å². The van der Waals surface area contributed by atoms with Crippen LogP contribution in [-0.4, -0.2) is 49.0 Å². The maximum absolute atomic E-state index is 12.3. The van der Waals surface area contributed by atoms with Gasteiger partial charge in [0.05, 0.1) is 17.3 Å². The lowest BCUT2D eigenvalue weighted by Gasteiger charge is -2.39. The Bertz CT molecular complexity index is 1100. The number of aryl methyl sites for hydroxylation is 1. The number of aromatic amines is 1. The van der Waals surface area contributed by atoms with Crippen molar-refractivity contribution in [2.24, 2.45) is 0 Å². The molecule has 2 saturated heterocycles. The van der Waals surface area contributed by atoms with Crippen LogP contribution in [0.2, 0.25) is 0 Å². The fraction of sp³-hybridized carbons (Fsp3) is 0.450. The van der Waals surface area contributed by atoms with Gasteiger partial charge in [-0.1, -0.05) is 5.16 Å². The third kappa shape index (κ3) is 3.01. The number of H-pyrrole nitrogens is 1. The van der Waals surface area contributed by atoms with Gasteiger partial charge in [-0.2, -0.15) is 10.2 Å². The van der Waals surface area contributed by atoms with Crippen LogP contribution in [-0.2, 0) is 4.79 Å². The fourth-order valence-corrected chi connectivity index (χ4v) is 4.80. The minimum absolute atomic E-state index is 0.0416. The smallest absolute Gasteiger partial charge is 0.261 e. The lowest BCUT2D eigenvalue weighted by Crippen LogP contribution is -2.49. The first-order chi connectivity index (χ1) is 14.1. The number of amides is 1. The number of hydrogen-bond acceptors (Lipinski definition) is 7. The van der Waals surface area contributed by atoms with Gasteiger partial charge in [0.25, 0.3) is 5.89 Å². The number of fused-ring (bicyclic) bond motifs is 3. The van der Waals surface area contributed by atoms with Crippen LogP contribution in [0.1, 0.15) is 37.9 Å². The van der Waals surface area contributed by atoms with Gasteiger partial charge in [0.1, 0.15) is 12.1 Å². The first-order valence-corrected chi connectivity index (χ1v) is 9.85. The number of anilines is 1. The van der Waals surface area contributed by atoms with E-state index in [4.69, 9.17) is 9.78 Å². The molecule has 0 aliphatic carbocycles. The first kappa shape index (κ1) is 17.7. The van der Waals surface area contributed by atoms with E-state index in [9.17, 15) is 4.79 Å². The third-order valence-corrected chi connectivity index (χ3v) is 5.94. The van der Waals surface area contributed by atoms with E-state index >= 15 is 0 Å². The highest BCUT2D eigenvalue weighted by Gasteiger charge is 2.43. The van der Waals surface area contributed by atoms with E-state index in [0.29, 0.717) is 11.7 Å². The van der Waals surface area contributed by atoms with E-state index in [2.05, 4.69) is 25.4 Å². The Morgan fingerprint density at radius 1 is 1.41 bits per heavy atom. The zero-order valence-electron chi connectivity index (χ0n) is 16.1. The summed E-state index contributed by atoms with van der Waals surface area (Å²) in [5.41, 5.74) is 2.48. The number of pyridine rings is 1. The van der Waals surface area contributed by atoms with E-state index in [1.807, 2.05) is 23.2 Å². The molecule has 3 atom stereocenters. The van der Waals surface area contributed by atoms with Crippen molar-refractivity contribution < 1.29 is 9.32 Å². The minimum Gasteiger partial charge on any atom is -0.381 e. The van der Waals surface area contributed by atoms with E-state index in [1.54, 1.807) is 13.1 Å². The van der Waals surface area contributed by atoms with Crippen molar-refractivity contribution in [2.45, 2.75) is 57.2 Å². The summed E-state index contributed by atoms with van der Waals surface area (Å²) in [6, 6.07) is 4.55. The molecule has 0 unspecified atom stereocenters. The Kier molecular flexibility index (Phi) is 4.19. The summed E-state index contributed by atoms with van der Waals surface area (Å²) in [6.07, 6.45) is 7.25. The highest BCUT2D eigenvalue weighted by atomic mass is 16.5. The molecule has 1 amide bonds. The number of nitrogens with zero attached hydrogens (tertiary/aromatic N) is 5. The molecular weight excluding hydrogens is 370 g/mol. The third-order valence-electron chi connectivity index (χ3n) is 5.94. The summed E-state index contributed by atoms with van der Waals surface area (Å²) in [4.78, 5) is 26.3. The van der Waals surface area contributed by atoms with Crippen LogP contribution in [0.5, 0.6) is 0 Å². The predicted molar refractivity (Wildman–Crippen MR) is 105 cm³/mol. The second-order valence-corrected chi connectivity index (χ2v) is 7.77. The molecule has 2 fully saturated rings. The van der Waals surface area contributed by atoms with Crippen molar-refractivity contribution in [2.75, 3.05) is 5.32 Å². The number of rotatable bonds is 4. The fourth-order valence-electron chi connectivity index (χ4n) is 4.80. The van der Waals surface area contributed by atoms with E-state index in [0.717, 1.165) is 48.0 Å². The summed E-state index contributed by atoms with van der Waals surface area (Å²) in [5.74, 6) is 0.963. The molecule has 2 aliphatic rings. The summed E-state index contributed by atoms with van der Waals surface area (Å²) < 4.78 is 5.40. The van der Waals surface area contributed by atoms with Crippen molar-refractivity contribution in [3.63, 3.8) is 0 Å². The molecule has 9 nitrogen and oxygen atoms in total. The molecule has 5 heterocycles. The maximum Gasteiger partial charge on any atom is 0.261 e. The van der Waals surface area contributed by atoms with Crippen molar-refractivity contribution in [1.29, 1.82) is 5.26 Å². The highest BCUT2D eigenvalue weighted by molar-refractivity contribution is 5.97. The van der Waals surface area contributed by atoms with Gasteiger partial charge < -0.3 is 19.7 Å². The normalized spacial score (nSPS) is 23.3. The molecule has 9 heteroatoms. The number of carbonyl (C=O) groups excluding carboxylic acids is 1. The molecule has 2 bridgehead atoms. The number of piperidine rings is 1. The Hall–Kier alpha value is -3.41. The first-order valence-electron chi connectivity index (χ1n) is 9.85. The number of hydrogen-bond donors (Lipinski definition) is 2. The standard InChI is InChI=1S/C20H21N7O2/c1-11-24-20(29-26-11)16-10-23-19-15(5-7-22-19)18(16)25-12-8-13-2-3-14(9-12)27(13)17(28)4-6-21/h5,7,10,12-14H,2-4,8-9H2,1H3,(H2,22,23,25)/t12-,13+,14-. The average Bonchev–Trinajstić information content (AvgIpc) is 3.40. The van der Waals surface area contributed by atoms with Crippen molar-refractivity contribution in [1.82, 2.24) is 25.0 Å². The lowest BCUT2D eigenvalue weighted by atomic mass is 9.96. The molecule has 2 N–H and O–H groups in total. The molecule has 0 aromatic carbocycles. The van der Waals surface area contributed by atoms with Gasteiger partial charge in [-0.3, -0.25) is 4.79 Å². The lowest BCUT2D eigenvalue weighted by molar-refractivity contribution is -0.134. The number of nitrogens with one attached hydrogen (secondary N) is 2. The zero-order chi connectivity index (χ0) is 20.0. The van der Waals surface area contributed by atoms with Crippen LogP contribution in [0.3, 0.4) is 0 Å². The van der Waals surface area contributed by atoms with E-state index in [-0.39, 0.29) is 30.5 Å². The largest absolute Gasteiger partial charge is 0.381 e. The molecule has 29 heavy (non-hydrogen) atoms. The van der Waals surface area contributed by atoms with Crippen LogP contribution in [0.25, 0.3) is 22.5 Å². The summed E-state index contributed by atoms with van der Waals surface area (Å²) in [6.45, 7) is 1.79. The molecule has 0 saturated carbocycles. The molecule has 2 aliphatic heterocycles. The van der Waals surface area contributed by atoms with Gasteiger partial charge in [0.15, 0.2) is 5.82 Å². The summed E-state index contributed by atoms with van der Waals surface area (Å²) >= 11 is 0. The zero-order valence-corrected chi connectivity index (χ0v) is 16.1. The average molecular weight is 391 g/mol. The summed E-state index contributed by atoms with van der Waals surface area (Å²) in [7, 11) is 0. The highest BCUT2D eigenvalue weighted by Crippen LogP contribution is 2.39. The van der Waals surface area contributed by atoms with Gasteiger partial charge in [-0.15, -0.1) is 0 Å². The van der Waals surface area contributed by atoms with Gasteiger partial charge in [-0.25, -0.2) is 4.98 Å². The van der Waals surface area contributed by atoms with Gasteiger partial charge >= 0.3 is 0 Å². The number of nitriles is 1. The maximum atomic E-state index is 12.3. The van der Waals surface area contributed by atoms with E-state index < -0.39 is 0 Å². The molecule has 148 valence electrons. The predicted octanol–water partition coefficient (Wildman–Crippen LogP) is 2.77. The topological polar surface area (TPSA) is 124 Å². The Balaban J connectivity index is 1.45. The number of aromatic nitrogens is 4. The van der Waals surface area contributed by atoms with Crippen molar-refractivity contribution in [3.05, 3.63) is 24.3 Å². The van der Waals surface area contributed by atoms with Crippen molar-refractivity contribution in [3.8, 4) is 17.5 Å². The molecule has 5 rings (SSSR count). The second kappa shape index (κ2) is 6.88. The van der Waals surface area contributed by atoms with Crippen LogP contribution < -0.4 is 5.32 Å². The molecular formula is C20H21N7O2. The van der Waals surface area contributed by atoms with Crippen LogP contribution in [0.15, 0.2) is 23.0 Å². The molecule has 3 aromatic heterocycles. The Morgan fingerprint density at radius 2 is 2.21 bits per heavy atom. The van der Waals surface area contributed by atoms with Gasteiger partial charge in [0.2, 0.25) is 5.91 Å². The summed E-state index contributed by atoms with van der Waals surface area (Å²) in [5, 5.41) is 17.5. The molecule has 0 spiro atoms. The van der Waals surface area contributed by atoms with Crippen molar-refractivity contribution >= 4 is 22.6 Å². The second-order valence-electron chi connectivity index (χ2n) is 7.77. The van der Waals surface area contributed by atoms with Gasteiger partial charge in [-0.05, 0) is 38.7 Å². The van der Waals surface area contributed by atoms with Crippen LogP contribution in [0.4, 0.5) is 5.69 Å². The molecule has 3 aromatic rings. The minimum atomic E-state index is -0.0441. The SMILES string of the molecule is Cc1noc(-c2cnc3[nH]ccc3c2N[C@H]2C[C@H]3CC[C@@H](C2)N3C(=O)CC#N)n1. The number of carbonyl (C=O) groups is 1. The Labute approximate surface area is 167 Å². The monoisotopic (exact) mass is 391 g/mol. The Morgan fingerprint density at radius 3 is 2.90 bits per heavy atom. The van der Waals surface area contributed by atoms with E-state index in [1.165, 1.54) is 0 Å². The van der Waals surface area contributed by atoms with Crippen LogP contribution in [0, 0.1) is 18.3 Å². The van der Waals surface area contributed by atoms with Crippen LogP contribution >= 0.6 is 0 Å². The molecule has 0 radical (unpaired) electrons.